The van der Waals surface area contributed by atoms with E-state index in [1.807, 2.05) is 41.4 Å². The van der Waals surface area contributed by atoms with Gasteiger partial charge in [0.05, 0.1) is 0 Å². The average Bonchev–Trinajstić information content (AvgIpc) is 2.69. The summed E-state index contributed by atoms with van der Waals surface area (Å²) in [6, 6.07) is 10.2. The summed E-state index contributed by atoms with van der Waals surface area (Å²) in [6.07, 6.45) is 8.19. The van der Waals surface area contributed by atoms with Crippen LogP contribution in [0.2, 0.25) is 0 Å². The topological polar surface area (TPSA) is 3.88 Å². The standard InChI is InChI=1S/C11H10NS.BrH/c1-2-7-12(8-3-1)9-6-11-5-4-10-13-11;/h1-10H;1H/q+1;/p-1/b9-6+;. The normalized spacial score (nSPS) is 10.0. The van der Waals surface area contributed by atoms with Crippen molar-refractivity contribution < 1.29 is 21.5 Å². The first-order chi connectivity index (χ1) is 6.45. The van der Waals surface area contributed by atoms with Gasteiger partial charge in [-0.05, 0) is 11.4 Å². The fraction of sp³-hybridized carbons (Fsp3) is 0. The number of hydrogen-bond acceptors (Lipinski definition) is 1. The summed E-state index contributed by atoms with van der Waals surface area (Å²) in [7, 11) is 0. The molecule has 2 heterocycles. The summed E-state index contributed by atoms with van der Waals surface area (Å²) in [4.78, 5) is 1.27. The molecular weight excluding hydrogens is 258 g/mol. The van der Waals surface area contributed by atoms with Gasteiger partial charge in [-0.1, -0.05) is 12.1 Å². The molecule has 0 saturated carbocycles. The molecule has 0 aliphatic heterocycles. The molecule has 0 aliphatic carbocycles. The van der Waals surface area contributed by atoms with Crippen molar-refractivity contribution in [1.82, 2.24) is 0 Å². The van der Waals surface area contributed by atoms with Gasteiger partial charge in [-0.25, -0.2) is 0 Å². The zero-order chi connectivity index (χ0) is 8.93. The Bertz CT molecular complexity index is 381. The summed E-state index contributed by atoms with van der Waals surface area (Å²) in [5, 5.41) is 2.08. The lowest BCUT2D eigenvalue weighted by Gasteiger charge is -1.84. The van der Waals surface area contributed by atoms with Gasteiger partial charge in [0.25, 0.3) is 0 Å². The van der Waals surface area contributed by atoms with E-state index in [0.29, 0.717) is 0 Å². The largest absolute Gasteiger partial charge is 1.00 e. The van der Waals surface area contributed by atoms with E-state index in [-0.39, 0.29) is 17.0 Å². The van der Waals surface area contributed by atoms with Crippen molar-refractivity contribution in [3.05, 3.63) is 53.0 Å². The molecule has 2 aromatic rings. The zero-order valence-corrected chi connectivity index (χ0v) is 9.91. The first-order valence-electron chi connectivity index (χ1n) is 4.13. The maximum Gasteiger partial charge on any atom is 0.175 e. The second-order valence-corrected chi connectivity index (χ2v) is 3.63. The van der Waals surface area contributed by atoms with Gasteiger partial charge >= 0.3 is 0 Å². The van der Waals surface area contributed by atoms with Gasteiger partial charge < -0.3 is 17.0 Å². The lowest BCUT2D eigenvalue weighted by molar-refractivity contribution is -0.567. The van der Waals surface area contributed by atoms with Crippen LogP contribution in [0.5, 0.6) is 0 Å². The molecule has 0 unspecified atom stereocenters. The minimum Gasteiger partial charge on any atom is -1.00 e. The highest BCUT2D eigenvalue weighted by Crippen LogP contribution is 2.09. The predicted octanol–water partition coefficient (Wildman–Crippen LogP) is -0.333. The molecule has 0 spiro atoms. The third kappa shape index (κ3) is 3.09. The minimum absolute atomic E-state index is 0. The molecule has 0 radical (unpaired) electrons. The smallest absolute Gasteiger partial charge is 0.175 e. The van der Waals surface area contributed by atoms with Gasteiger partial charge in [0.15, 0.2) is 18.6 Å². The monoisotopic (exact) mass is 267 g/mol. The van der Waals surface area contributed by atoms with Crippen LogP contribution in [0.4, 0.5) is 0 Å². The molecule has 0 saturated heterocycles. The Morgan fingerprint density at radius 3 is 2.50 bits per heavy atom. The third-order valence-corrected chi connectivity index (χ3v) is 2.53. The summed E-state index contributed by atoms with van der Waals surface area (Å²) in [5.41, 5.74) is 0. The molecule has 0 fully saturated rings. The van der Waals surface area contributed by atoms with E-state index < -0.39 is 0 Å². The van der Waals surface area contributed by atoms with Crippen molar-refractivity contribution in [2.45, 2.75) is 0 Å². The molecule has 1 nitrogen and oxygen atoms in total. The molecule has 0 aliphatic rings. The minimum atomic E-state index is 0. The zero-order valence-electron chi connectivity index (χ0n) is 7.51. The first-order valence-corrected chi connectivity index (χ1v) is 5.00. The second kappa shape index (κ2) is 5.73. The predicted molar refractivity (Wildman–Crippen MR) is 56.2 cm³/mol. The van der Waals surface area contributed by atoms with Crippen molar-refractivity contribution in [1.29, 1.82) is 0 Å². The van der Waals surface area contributed by atoms with E-state index in [0.717, 1.165) is 0 Å². The van der Waals surface area contributed by atoms with Crippen LogP contribution < -0.4 is 21.5 Å². The van der Waals surface area contributed by atoms with E-state index in [1.54, 1.807) is 11.3 Å². The highest BCUT2D eigenvalue weighted by atomic mass is 79.9. The SMILES string of the molecule is C(=C\[n+]1ccccc1)/c1cccs1.[Br-]. The summed E-state index contributed by atoms with van der Waals surface area (Å²) in [5.74, 6) is 0. The highest BCUT2D eigenvalue weighted by molar-refractivity contribution is 7.10. The van der Waals surface area contributed by atoms with Crippen LogP contribution in [0.3, 0.4) is 0 Å². The summed E-state index contributed by atoms with van der Waals surface area (Å²) < 4.78 is 2.03. The van der Waals surface area contributed by atoms with E-state index in [9.17, 15) is 0 Å². The summed E-state index contributed by atoms with van der Waals surface area (Å²) in [6.45, 7) is 0. The van der Waals surface area contributed by atoms with Crippen LogP contribution in [-0.2, 0) is 0 Å². The molecule has 14 heavy (non-hydrogen) atoms. The molecule has 0 atom stereocenters. The first kappa shape index (κ1) is 11.1. The maximum atomic E-state index is 2.10. The van der Waals surface area contributed by atoms with Gasteiger partial charge in [-0.3, -0.25) is 0 Å². The Kier molecular flexibility index (Phi) is 4.56. The Hall–Kier alpha value is -0.930. The number of hydrogen-bond donors (Lipinski definition) is 0. The van der Waals surface area contributed by atoms with Gasteiger partial charge in [0.1, 0.15) is 0 Å². The number of rotatable bonds is 2. The second-order valence-electron chi connectivity index (χ2n) is 2.65. The van der Waals surface area contributed by atoms with Crippen LogP contribution in [0.25, 0.3) is 12.3 Å². The number of halogens is 1. The van der Waals surface area contributed by atoms with Gasteiger partial charge in [0.2, 0.25) is 0 Å². The molecule has 0 amide bonds. The van der Waals surface area contributed by atoms with Crippen LogP contribution in [0.1, 0.15) is 4.88 Å². The molecule has 72 valence electrons. The number of nitrogens with zero attached hydrogens (tertiary/aromatic N) is 1. The Labute approximate surface area is 98.1 Å². The van der Waals surface area contributed by atoms with Crippen LogP contribution >= 0.6 is 11.3 Å². The van der Waals surface area contributed by atoms with E-state index in [1.165, 1.54) is 4.88 Å². The highest BCUT2D eigenvalue weighted by Gasteiger charge is 1.91. The van der Waals surface area contributed by atoms with Gasteiger partial charge in [-0.15, -0.1) is 11.3 Å². The van der Waals surface area contributed by atoms with Gasteiger partial charge in [-0.2, -0.15) is 4.57 Å². The van der Waals surface area contributed by atoms with Crippen LogP contribution in [0, 0.1) is 0 Å². The maximum absolute atomic E-state index is 2.10. The van der Waals surface area contributed by atoms with Crippen molar-refractivity contribution in [3.8, 4) is 0 Å². The van der Waals surface area contributed by atoms with Crippen molar-refractivity contribution in [2.75, 3.05) is 0 Å². The molecule has 0 N–H and O–H groups in total. The van der Waals surface area contributed by atoms with Crippen LogP contribution in [0.15, 0.2) is 48.1 Å². The van der Waals surface area contributed by atoms with E-state index in [2.05, 4.69) is 23.6 Å². The number of thiophene rings is 1. The lowest BCUT2D eigenvalue weighted by Crippen LogP contribution is -3.00. The fourth-order valence-electron chi connectivity index (χ4n) is 1.06. The molecule has 0 aromatic carbocycles. The quantitative estimate of drug-likeness (QED) is 0.657. The number of pyridine rings is 1. The Morgan fingerprint density at radius 1 is 1.07 bits per heavy atom. The molecule has 2 rings (SSSR count). The molecule has 0 bridgehead atoms. The summed E-state index contributed by atoms with van der Waals surface area (Å²) >= 11 is 1.74. The van der Waals surface area contributed by atoms with Crippen molar-refractivity contribution in [2.24, 2.45) is 0 Å². The van der Waals surface area contributed by atoms with E-state index in [4.69, 9.17) is 0 Å². The third-order valence-electron chi connectivity index (χ3n) is 1.69. The van der Waals surface area contributed by atoms with Gasteiger partial charge in [0, 0.05) is 23.1 Å². The fourth-order valence-corrected chi connectivity index (χ4v) is 1.67. The van der Waals surface area contributed by atoms with Crippen molar-refractivity contribution >= 4 is 23.6 Å². The van der Waals surface area contributed by atoms with E-state index >= 15 is 0 Å². The Balaban J connectivity index is 0.000000980. The molecule has 3 heteroatoms. The lowest BCUT2D eigenvalue weighted by atomic mass is 10.4. The molecule has 2 aromatic heterocycles. The van der Waals surface area contributed by atoms with Crippen LogP contribution in [-0.4, -0.2) is 0 Å². The molecular formula is C11H10BrNS. The average molecular weight is 268 g/mol. The number of aromatic nitrogens is 1. The Morgan fingerprint density at radius 2 is 1.86 bits per heavy atom. The van der Waals surface area contributed by atoms with Crippen molar-refractivity contribution in [3.63, 3.8) is 0 Å².